The molecule has 0 aliphatic rings. The fourth-order valence-electron chi connectivity index (χ4n) is 2.29. The fraction of sp³-hybridized carbons (Fsp3) is 0.278. The maximum Gasteiger partial charge on any atom is 0.220 e. The van der Waals surface area contributed by atoms with Gasteiger partial charge < -0.3 is 11.1 Å². The average Bonchev–Trinajstić information content (AvgIpc) is 2.51. The minimum absolute atomic E-state index is 0.000642. The van der Waals surface area contributed by atoms with Crippen LogP contribution in [0.1, 0.15) is 25.3 Å². The van der Waals surface area contributed by atoms with Gasteiger partial charge in [-0.25, -0.2) is 0 Å². The van der Waals surface area contributed by atoms with Gasteiger partial charge in [0.1, 0.15) is 0 Å². The van der Waals surface area contributed by atoms with Gasteiger partial charge in [0.05, 0.1) is 0 Å². The maximum atomic E-state index is 11.9. The molecule has 0 heterocycles. The minimum Gasteiger partial charge on any atom is -0.352 e. The molecule has 5 heteroatoms. The first-order valence-corrected chi connectivity index (χ1v) is 8.28. The van der Waals surface area contributed by atoms with E-state index in [0.29, 0.717) is 29.4 Å². The molecule has 1 amide bonds. The zero-order chi connectivity index (χ0) is 16.8. The second-order valence-corrected chi connectivity index (χ2v) is 6.42. The lowest BCUT2D eigenvalue weighted by Crippen LogP contribution is -2.25. The van der Waals surface area contributed by atoms with Crippen molar-refractivity contribution in [3.8, 4) is 11.1 Å². The quantitative estimate of drug-likeness (QED) is 0.810. The molecule has 0 aromatic heterocycles. The number of rotatable bonds is 6. The van der Waals surface area contributed by atoms with Crippen molar-refractivity contribution in [1.82, 2.24) is 5.32 Å². The molecule has 2 aromatic rings. The van der Waals surface area contributed by atoms with Crippen LogP contribution >= 0.6 is 23.2 Å². The molecule has 3 N–H and O–H groups in total. The molecular weight excluding hydrogens is 331 g/mol. The van der Waals surface area contributed by atoms with Crippen LogP contribution in [0.3, 0.4) is 0 Å². The number of carbonyl (C=O) groups is 1. The minimum atomic E-state index is -0.000642. The van der Waals surface area contributed by atoms with Crippen LogP contribution in [0.5, 0.6) is 0 Å². The third kappa shape index (κ3) is 5.24. The molecule has 3 nitrogen and oxygen atoms in total. The van der Waals surface area contributed by atoms with E-state index in [2.05, 4.69) is 5.32 Å². The molecule has 0 saturated heterocycles. The van der Waals surface area contributed by atoms with Crippen molar-refractivity contribution in [3.63, 3.8) is 0 Å². The van der Waals surface area contributed by atoms with Gasteiger partial charge in [-0.2, -0.15) is 0 Å². The Balaban J connectivity index is 2.13. The van der Waals surface area contributed by atoms with Gasteiger partial charge >= 0.3 is 0 Å². The first-order chi connectivity index (χ1) is 11.0. The summed E-state index contributed by atoms with van der Waals surface area (Å²) in [4.78, 5) is 11.9. The van der Waals surface area contributed by atoms with Crippen LogP contribution in [0.15, 0.2) is 42.5 Å². The summed E-state index contributed by atoms with van der Waals surface area (Å²) in [5.41, 5.74) is 8.56. The fourth-order valence-corrected chi connectivity index (χ4v) is 2.80. The van der Waals surface area contributed by atoms with Crippen LogP contribution in [0.2, 0.25) is 10.0 Å². The molecule has 0 radical (unpaired) electrons. The van der Waals surface area contributed by atoms with Crippen molar-refractivity contribution in [2.75, 3.05) is 0 Å². The summed E-state index contributed by atoms with van der Waals surface area (Å²) in [5, 5.41) is 4.12. The van der Waals surface area contributed by atoms with E-state index in [9.17, 15) is 4.79 Å². The molecule has 0 bridgehead atoms. The van der Waals surface area contributed by atoms with Crippen LogP contribution in [0.4, 0.5) is 0 Å². The first-order valence-electron chi connectivity index (χ1n) is 7.53. The second kappa shape index (κ2) is 8.34. The van der Waals surface area contributed by atoms with Crippen molar-refractivity contribution >= 4 is 29.1 Å². The SMILES string of the molecule is CC(N)CCC(=O)NCc1ccccc1-c1ccc(Cl)cc1Cl. The highest BCUT2D eigenvalue weighted by Gasteiger charge is 2.10. The number of hydrogen-bond donors (Lipinski definition) is 2. The van der Waals surface area contributed by atoms with Gasteiger partial charge in [-0.1, -0.05) is 53.5 Å². The number of amides is 1. The van der Waals surface area contributed by atoms with Crippen molar-refractivity contribution in [2.45, 2.75) is 32.4 Å². The number of nitrogens with one attached hydrogen (secondary N) is 1. The summed E-state index contributed by atoms with van der Waals surface area (Å²) in [6.07, 6.45) is 1.11. The molecule has 122 valence electrons. The summed E-state index contributed by atoms with van der Waals surface area (Å²) in [5.74, 6) is -0.000642. The van der Waals surface area contributed by atoms with Crippen molar-refractivity contribution < 1.29 is 4.79 Å². The van der Waals surface area contributed by atoms with Gasteiger partial charge in [0.2, 0.25) is 5.91 Å². The smallest absolute Gasteiger partial charge is 0.220 e. The molecule has 2 aromatic carbocycles. The number of nitrogens with two attached hydrogens (primary N) is 1. The average molecular weight is 351 g/mol. The van der Waals surface area contributed by atoms with E-state index in [-0.39, 0.29) is 11.9 Å². The first kappa shape index (κ1) is 17.8. The van der Waals surface area contributed by atoms with E-state index in [1.165, 1.54) is 0 Å². The topological polar surface area (TPSA) is 55.1 Å². The lowest BCUT2D eigenvalue weighted by Gasteiger charge is -2.13. The number of halogens is 2. The Morgan fingerprint density at radius 1 is 1.17 bits per heavy atom. The summed E-state index contributed by atoms with van der Waals surface area (Å²) in [6, 6.07) is 13.3. The van der Waals surface area contributed by atoms with Crippen LogP contribution in [-0.4, -0.2) is 11.9 Å². The standard InChI is InChI=1S/C18H20Cl2N2O/c1-12(21)6-9-18(23)22-11-13-4-2-3-5-15(13)16-8-7-14(19)10-17(16)20/h2-5,7-8,10,12H,6,9,11,21H2,1H3,(H,22,23). The van der Waals surface area contributed by atoms with Gasteiger partial charge in [-0.05, 0) is 36.6 Å². The molecule has 0 aliphatic carbocycles. The molecular formula is C18H20Cl2N2O. The van der Waals surface area contributed by atoms with E-state index in [1.807, 2.05) is 37.3 Å². The lowest BCUT2D eigenvalue weighted by molar-refractivity contribution is -0.121. The summed E-state index contributed by atoms with van der Waals surface area (Å²) in [7, 11) is 0. The van der Waals surface area contributed by atoms with Gasteiger partial charge in [-0.15, -0.1) is 0 Å². The van der Waals surface area contributed by atoms with Crippen molar-refractivity contribution in [1.29, 1.82) is 0 Å². The van der Waals surface area contributed by atoms with E-state index in [0.717, 1.165) is 16.7 Å². The molecule has 0 saturated carbocycles. The number of hydrogen-bond acceptors (Lipinski definition) is 2. The van der Waals surface area contributed by atoms with Crippen LogP contribution < -0.4 is 11.1 Å². The third-order valence-corrected chi connectivity index (χ3v) is 4.09. The lowest BCUT2D eigenvalue weighted by atomic mass is 9.99. The summed E-state index contributed by atoms with van der Waals surface area (Å²) >= 11 is 12.3. The highest BCUT2D eigenvalue weighted by atomic mass is 35.5. The normalized spacial score (nSPS) is 12.0. The number of carbonyl (C=O) groups excluding carboxylic acids is 1. The Morgan fingerprint density at radius 3 is 2.61 bits per heavy atom. The van der Waals surface area contributed by atoms with E-state index in [1.54, 1.807) is 12.1 Å². The molecule has 0 aliphatic heterocycles. The number of benzene rings is 2. The van der Waals surface area contributed by atoms with Gasteiger partial charge in [0, 0.05) is 34.6 Å². The second-order valence-electron chi connectivity index (χ2n) is 5.57. The summed E-state index contributed by atoms with van der Waals surface area (Å²) < 4.78 is 0. The zero-order valence-corrected chi connectivity index (χ0v) is 14.5. The Bertz CT molecular complexity index is 686. The maximum absolute atomic E-state index is 11.9. The largest absolute Gasteiger partial charge is 0.352 e. The molecule has 0 fully saturated rings. The van der Waals surface area contributed by atoms with Crippen LogP contribution in [-0.2, 0) is 11.3 Å². The van der Waals surface area contributed by atoms with Gasteiger partial charge in [0.25, 0.3) is 0 Å². The van der Waals surface area contributed by atoms with Crippen molar-refractivity contribution in [2.24, 2.45) is 5.73 Å². The molecule has 1 atom stereocenters. The Kier molecular flexibility index (Phi) is 6.46. The van der Waals surface area contributed by atoms with Gasteiger partial charge in [-0.3, -0.25) is 4.79 Å². The van der Waals surface area contributed by atoms with Crippen LogP contribution in [0, 0.1) is 0 Å². The summed E-state index contributed by atoms with van der Waals surface area (Å²) in [6.45, 7) is 2.35. The van der Waals surface area contributed by atoms with E-state index < -0.39 is 0 Å². The highest BCUT2D eigenvalue weighted by molar-refractivity contribution is 6.36. The molecule has 23 heavy (non-hydrogen) atoms. The molecule has 2 rings (SSSR count). The predicted octanol–water partition coefficient (Wildman–Crippen LogP) is 4.40. The monoisotopic (exact) mass is 350 g/mol. The Morgan fingerprint density at radius 2 is 1.91 bits per heavy atom. The Labute approximate surface area is 146 Å². The predicted molar refractivity (Wildman–Crippen MR) is 96.6 cm³/mol. The Hall–Kier alpha value is -1.55. The zero-order valence-electron chi connectivity index (χ0n) is 13.0. The highest BCUT2D eigenvalue weighted by Crippen LogP contribution is 2.32. The molecule has 1 unspecified atom stereocenters. The third-order valence-electron chi connectivity index (χ3n) is 3.54. The van der Waals surface area contributed by atoms with E-state index >= 15 is 0 Å². The van der Waals surface area contributed by atoms with Gasteiger partial charge in [0.15, 0.2) is 0 Å². The van der Waals surface area contributed by atoms with E-state index in [4.69, 9.17) is 28.9 Å². The van der Waals surface area contributed by atoms with Crippen molar-refractivity contribution in [3.05, 3.63) is 58.1 Å². The molecule has 0 spiro atoms. The van der Waals surface area contributed by atoms with Crippen LogP contribution in [0.25, 0.3) is 11.1 Å².